The van der Waals surface area contributed by atoms with E-state index in [1.54, 1.807) is 18.2 Å². The van der Waals surface area contributed by atoms with Gasteiger partial charge in [0.15, 0.2) is 9.84 Å². The zero-order chi connectivity index (χ0) is 13.7. The highest BCUT2D eigenvalue weighted by Crippen LogP contribution is 2.15. The Morgan fingerprint density at radius 2 is 1.89 bits per heavy atom. The Labute approximate surface area is 115 Å². The van der Waals surface area contributed by atoms with Gasteiger partial charge in [-0.3, -0.25) is 0 Å². The van der Waals surface area contributed by atoms with E-state index in [9.17, 15) is 8.42 Å². The second-order valence-electron chi connectivity index (χ2n) is 5.07. The maximum atomic E-state index is 12.3. The predicted molar refractivity (Wildman–Crippen MR) is 76.7 cm³/mol. The van der Waals surface area contributed by atoms with Crippen molar-refractivity contribution < 1.29 is 8.42 Å². The molecule has 1 aromatic carbocycles. The quantitative estimate of drug-likeness (QED) is 0.887. The van der Waals surface area contributed by atoms with Crippen LogP contribution < -0.4 is 5.73 Å². The van der Waals surface area contributed by atoms with Gasteiger partial charge in [-0.1, -0.05) is 18.6 Å². The molecule has 0 aliphatic carbocycles. The van der Waals surface area contributed by atoms with E-state index in [-0.39, 0.29) is 5.75 Å². The molecule has 4 nitrogen and oxygen atoms in total. The summed E-state index contributed by atoms with van der Waals surface area (Å²) >= 11 is 0. The normalized spacial score (nSPS) is 17.5. The fourth-order valence-electron chi connectivity index (χ4n) is 2.42. The first-order valence-corrected chi connectivity index (χ1v) is 8.51. The van der Waals surface area contributed by atoms with Crippen molar-refractivity contribution in [3.05, 3.63) is 29.8 Å². The highest BCUT2D eigenvalue weighted by Gasteiger charge is 2.18. The molecular formula is C14H22N2O2S. The lowest BCUT2D eigenvalue weighted by Crippen LogP contribution is -2.33. The van der Waals surface area contributed by atoms with Gasteiger partial charge in [0.05, 0.1) is 10.6 Å². The van der Waals surface area contributed by atoms with Crippen LogP contribution in [0.15, 0.2) is 29.2 Å². The molecule has 0 spiro atoms. The fourth-order valence-corrected chi connectivity index (χ4v) is 3.77. The molecule has 106 valence electrons. The standard InChI is InChI=1S/C14H22N2O2S/c15-12-13-5-4-6-14(11-13)19(17,18)10-9-16-7-2-1-3-8-16/h4-6,11H,1-3,7-10,12,15H2. The van der Waals surface area contributed by atoms with E-state index >= 15 is 0 Å². The van der Waals surface area contributed by atoms with Crippen LogP contribution in [0.2, 0.25) is 0 Å². The monoisotopic (exact) mass is 282 g/mol. The SMILES string of the molecule is NCc1cccc(S(=O)(=O)CCN2CCCCC2)c1. The van der Waals surface area contributed by atoms with Crippen LogP contribution in [-0.2, 0) is 16.4 Å². The Hall–Kier alpha value is -0.910. The summed E-state index contributed by atoms with van der Waals surface area (Å²) < 4.78 is 24.6. The Balaban J connectivity index is 2.00. The summed E-state index contributed by atoms with van der Waals surface area (Å²) in [5, 5.41) is 0. The molecule has 0 bridgehead atoms. The van der Waals surface area contributed by atoms with Gasteiger partial charge in [-0.25, -0.2) is 8.42 Å². The zero-order valence-corrected chi connectivity index (χ0v) is 12.0. The highest BCUT2D eigenvalue weighted by molar-refractivity contribution is 7.91. The summed E-state index contributed by atoms with van der Waals surface area (Å²) in [5.74, 6) is 0.195. The molecule has 0 radical (unpaired) electrons. The van der Waals surface area contributed by atoms with Crippen LogP contribution in [-0.4, -0.2) is 38.7 Å². The Bertz CT molecular complexity index is 508. The number of likely N-dealkylation sites (tertiary alicyclic amines) is 1. The number of sulfone groups is 1. The number of benzene rings is 1. The molecule has 2 rings (SSSR count). The Morgan fingerprint density at radius 1 is 1.16 bits per heavy atom. The Kier molecular flexibility index (Phi) is 4.96. The minimum absolute atomic E-state index is 0.195. The smallest absolute Gasteiger partial charge is 0.179 e. The van der Waals surface area contributed by atoms with E-state index in [1.165, 1.54) is 19.3 Å². The fraction of sp³-hybridized carbons (Fsp3) is 0.571. The van der Waals surface area contributed by atoms with E-state index in [1.807, 2.05) is 6.07 Å². The highest BCUT2D eigenvalue weighted by atomic mass is 32.2. The molecule has 0 aromatic heterocycles. The van der Waals surface area contributed by atoms with Gasteiger partial charge < -0.3 is 10.6 Å². The Morgan fingerprint density at radius 3 is 2.58 bits per heavy atom. The molecular weight excluding hydrogens is 260 g/mol. The molecule has 1 saturated heterocycles. The largest absolute Gasteiger partial charge is 0.326 e. The molecule has 1 heterocycles. The first-order valence-electron chi connectivity index (χ1n) is 6.86. The van der Waals surface area contributed by atoms with Gasteiger partial charge in [0, 0.05) is 13.1 Å². The minimum Gasteiger partial charge on any atom is -0.326 e. The van der Waals surface area contributed by atoms with Gasteiger partial charge >= 0.3 is 0 Å². The molecule has 0 unspecified atom stereocenters. The molecule has 0 atom stereocenters. The molecule has 0 amide bonds. The predicted octanol–water partition coefficient (Wildman–Crippen LogP) is 1.40. The average molecular weight is 282 g/mol. The molecule has 1 aliphatic rings. The summed E-state index contributed by atoms with van der Waals surface area (Å²) in [6.45, 7) is 3.06. The first kappa shape index (κ1) is 14.5. The van der Waals surface area contributed by atoms with Crippen molar-refractivity contribution in [3.8, 4) is 0 Å². The number of hydrogen-bond donors (Lipinski definition) is 1. The molecule has 0 saturated carbocycles. The number of nitrogens with two attached hydrogens (primary N) is 1. The van der Waals surface area contributed by atoms with Crippen LogP contribution in [0, 0.1) is 0 Å². The van der Waals surface area contributed by atoms with Crippen molar-refractivity contribution in [2.45, 2.75) is 30.7 Å². The third kappa shape index (κ3) is 4.03. The number of hydrogen-bond acceptors (Lipinski definition) is 4. The van der Waals surface area contributed by atoms with Crippen LogP contribution >= 0.6 is 0 Å². The summed E-state index contributed by atoms with van der Waals surface area (Å²) in [4.78, 5) is 2.64. The van der Waals surface area contributed by atoms with Crippen molar-refractivity contribution in [3.63, 3.8) is 0 Å². The summed E-state index contributed by atoms with van der Waals surface area (Å²) in [6, 6.07) is 6.95. The minimum atomic E-state index is -3.19. The summed E-state index contributed by atoms with van der Waals surface area (Å²) in [6.07, 6.45) is 3.63. The van der Waals surface area contributed by atoms with Crippen LogP contribution in [0.5, 0.6) is 0 Å². The van der Waals surface area contributed by atoms with Gasteiger partial charge in [-0.05, 0) is 43.6 Å². The maximum absolute atomic E-state index is 12.3. The third-order valence-corrected chi connectivity index (χ3v) is 5.31. The molecule has 5 heteroatoms. The van der Waals surface area contributed by atoms with Gasteiger partial charge in [0.25, 0.3) is 0 Å². The number of nitrogens with zero attached hydrogens (tertiary/aromatic N) is 1. The van der Waals surface area contributed by atoms with E-state index in [4.69, 9.17) is 5.73 Å². The second kappa shape index (κ2) is 6.50. The van der Waals surface area contributed by atoms with Gasteiger partial charge in [-0.15, -0.1) is 0 Å². The molecule has 1 aliphatic heterocycles. The van der Waals surface area contributed by atoms with E-state index in [2.05, 4.69) is 4.90 Å². The molecule has 2 N–H and O–H groups in total. The van der Waals surface area contributed by atoms with Crippen LogP contribution in [0.25, 0.3) is 0 Å². The lowest BCUT2D eigenvalue weighted by Gasteiger charge is -2.26. The van der Waals surface area contributed by atoms with Gasteiger partial charge in [0.1, 0.15) is 0 Å². The van der Waals surface area contributed by atoms with E-state index < -0.39 is 9.84 Å². The topological polar surface area (TPSA) is 63.4 Å². The van der Waals surface area contributed by atoms with Crippen molar-refractivity contribution in [1.82, 2.24) is 4.90 Å². The lowest BCUT2D eigenvalue weighted by molar-refractivity contribution is 0.241. The van der Waals surface area contributed by atoms with Crippen molar-refractivity contribution in [2.75, 3.05) is 25.4 Å². The summed E-state index contributed by atoms with van der Waals surface area (Å²) in [7, 11) is -3.19. The maximum Gasteiger partial charge on any atom is 0.179 e. The first-order chi connectivity index (χ1) is 9.12. The van der Waals surface area contributed by atoms with Gasteiger partial charge in [0.2, 0.25) is 0 Å². The molecule has 19 heavy (non-hydrogen) atoms. The average Bonchev–Trinajstić information content (AvgIpc) is 2.46. The number of piperidine rings is 1. The van der Waals surface area contributed by atoms with E-state index in [0.717, 1.165) is 18.7 Å². The van der Waals surface area contributed by atoms with Crippen molar-refractivity contribution in [2.24, 2.45) is 5.73 Å². The molecule has 1 aromatic rings. The van der Waals surface area contributed by atoms with E-state index in [0.29, 0.717) is 18.0 Å². The molecule has 1 fully saturated rings. The second-order valence-corrected chi connectivity index (χ2v) is 7.18. The van der Waals surface area contributed by atoms with Crippen molar-refractivity contribution >= 4 is 9.84 Å². The van der Waals surface area contributed by atoms with Crippen LogP contribution in [0.1, 0.15) is 24.8 Å². The zero-order valence-electron chi connectivity index (χ0n) is 11.2. The van der Waals surface area contributed by atoms with Crippen molar-refractivity contribution in [1.29, 1.82) is 0 Å². The summed E-state index contributed by atoms with van der Waals surface area (Å²) in [5.41, 5.74) is 6.41. The van der Waals surface area contributed by atoms with Crippen LogP contribution in [0.3, 0.4) is 0 Å². The van der Waals surface area contributed by atoms with Crippen LogP contribution in [0.4, 0.5) is 0 Å². The third-order valence-electron chi connectivity index (χ3n) is 3.62. The van der Waals surface area contributed by atoms with Gasteiger partial charge in [-0.2, -0.15) is 0 Å². The lowest BCUT2D eigenvalue weighted by atomic mass is 10.1. The number of rotatable bonds is 5.